The van der Waals surface area contributed by atoms with Crippen LogP contribution in [-0.4, -0.2) is 29.0 Å². The molecule has 1 N–H and O–H groups in total. The van der Waals surface area contributed by atoms with Crippen LogP contribution in [0.3, 0.4) is 0 Å². The summed E-state index contributed by atoms with van der Waals surface area (Å²) in [5.74, 6) is 1.32. The van der Waals surface area contributed by atoms with Crippen molar-refractivity contribution in [3.63, 3.8) is 0 Å². The number of benzene rings is 1. The van der Waals surface area contributed by atoms with Crippen LogP contribution in [0, 0.1) is 0 Å². The number of aromatic nitrogens is 1. The average molecular weight is 273 g/mol. The Bertz CT molecular complexity index is 627. The van der Waals surface area contributed by atoms with Crippen LogP contribution in [0.5, 0.6) is 0 Å². The monoisotopic (exact) mass is 273 g/mol. The Labute approximate surface area is 118 Å². The number of anilines is 1. The fraction of sp³-hybridized carbons (Fsp3) is 0.467. The minimum absolute atomic E-state index is 0.0831. The van der Waals surface area contributed by atoms with Gasteiger partial charge >= 0.3 is 6.03 Å². The predicted octanol–water partition coefficient (Wildman–Crippen LogP) is 3.58. The second-order valence-electron chi connectivity index (χ2n) is 5.11. The summed E-state index contributed by atoms with van der Waals surface area (Å²) >= 11 is 0. The summed E-state index contributed by atoms with van der Waals surface area (Å²) in [4.78, 5) is 18.2. The van der Waals surface area contributed by atoms with Gasteiger partial charge < -0.3 is 14.6 Å². The third-order valence-corrected chi connectivity index (χ3v) is 3.63. The number of rotatable bonds is 4. The molecule has 1 fully saturated rings. The molecule has 1 aliphatic carbocycles. The highest BCUT2D eigenvalue weighted by molar-refractivity contribution is 5.91. The molecule has 0 radical (unpaired) electrons. The van der Waals surface area contributed by atoms with Crippen LogP contribution in [-0.2, 0) is 0 Å². The molecule has 106 valence electrons. The molecule has 0 saturated heterocycles. The van der Waals surface area contributed by atoms with E-state index in [1.807, 2.05) is 32.0 Å². The van der Waals surface area contributed by atoms with Crippen molar-refractivity contribution in [3.05, 3.63) is 24.1 Å². The second kappa shape index (κ2) is 5.15. The van der Waals surface area contributed by atoms with Gasteiger partial charge in [0.15, 0.2) is 11.5 Å². The summed E-state index contributed by atoms with van der Waals surface area (Å²) in [5.41, 5.74) is 2.35. The van der Waals surface area contributed by atoms with E-state index in [4.69, 9.17) is 4.42 Å². The predicted molar refractivity (Wildman–Crippen MR) is 77.9 cm³/mol. The van der Waals surface area contributed by atoms with E-state index in [0.717, 1.165) is 22.7 Å². The lowest BCUT2D eigenvalue weighted by Crippen LogP contribution is -2.34. The SMILES string of the molecule is CCN(CC)C(=O)Nc1ccc2oc(C3CC3)nc2c1. The first-order valence-corrected chi connectivity index (χ1v) is 7.17. The maximum Gasteiger partial charge on any atom is 0.321 e. The van der Waals surface area contributed by atoms with Gasteiger partial charge in [-0.25, -0.2) is 9.78 Å². The molecule has 5 nitrogen and oxygen atoms in total. The molecule has 1 saturated carbocycles. The van der Waals surface area contributed by atoms with E-state index in [2.05, 4.69) is 10.3 Å². The van der Waals surface area contributed by atoms with Crippen LogP contribution in [0.4, 0.5) is 10.5 Å². The fourth-order valence-electron chi connectivity index (χ4n) is 2.24. The number of nitrogens with zero attached hydrogens (tertiary/aromatic N) is 2. The zero-order chi connectivity index (χ0) is 14.1. The molecule has 0 atom stereocenters. The minimum atomic E-state index is -0.0831. The Balaban J connectivity index is 1.79. The van der Waals surface area contributed by atoms with E-state index in [0.29, 0.717) is 19.0 Å². The first-order valence-electron chi connectivity index (χ1n) is 7.17. The van der Waals surface area contributed by atoms with Crippen molar-refractivity contribution in [2.45, 2.75) is 32.6 Å². The van der Waals surface area contributed by atoms with Gasteiger partial charge in [-0.05, 0) is 44.9 Å². The molecule has 20 heavy (non-hydrogen) atoms. The number of oxazole rings is 1. The van der Waals surface area contributed by atoms with Crippen LogP contribution in [0.15, 0.2) is 22.6 Å². The molecule has 1 aromatic carbocycles. The number of nitrogens with one attached hydrogen (secondary N) is 1. The molecule has 2 amide bonds. The Morgan fingerprint density at radius 3 is 2.80 bits per heavy atom. The first kappa shape index (κ1) is 13.0. The lowest BCUT2D eigenvalue weighted by molar-refractivity contribution is 0.217. The summed E-state index contributed by atoms with van der Waals surface area (Å²) in [7, 11) is 0. The maximum absolute atomic E-state index is 12.0. The summed E-state index contributed by atoms with van der Waals surface area (Å²) in [6.07, 6.45) is 2.33. The third-order valence-electron chi connectivity index (χ3n) is 3.63. The van der Waals surface area contributed by atoms with Gasteiger partial charge in [-0.15, -0.1) is 0 Å². The van der Waals surface area contributed by atoms with E-state index in [1.165, 1.54) is 12.8 Å². The molecule has 1 heterocycles. The highest BCUT2D eigenvalue weighted by atomic mass is 16.3. The van der Waals surface area contributed by atoms with E-state index in [9.17, 15) is 4.79 Å². The van der Waals surface area contributed by atoms with E-state index in [1.54, 1.807) is 4.90 Å². The van der Waals surface area contributed by atoms with Crippen LogP contribution < -0.4 is 5.32 Å². The summed E-state index contributed by atoms with van der Waals surface area (Å²) in [6, 6.07) is 5.50. The summed E-state index contributed by atoms with van der Waals surface area (Å²) in [6.45, 7) is 5.32. The summed E-state index contributed by atoms with van der Waals surface area (Å²) < 4.78 is 5.71. The normalized spacial score (nSPS) is 14.5. The molecule has 0 spiro atoms. The van der Waals surface area contributed by atoms with Crippen LogP contribution in [0.1, 0.15) is 38.5 Å². The zero-order valence-corrected chi connectivity index (χ0v) is 11.8. The number of fused-ring (bicyclic) bond motifs is 1. The molecule has 3 rings (SSSR count). The van der Waals surface area contributed by atoms with Crippen LogP contribution in [0.25, 0.3) is 11.1 Å². The number of hydrogen-bond donors (Lipinski definition) is 1. The molecule has 1 aromatic heterocycles. The Morgan fingerprint density at radius 2 is 2.15 bits per heavy atom. The van der Waals surface area contributed by atoms with Crippen LogP contribution >= 0.6 is 0 Å². The third kappa shape index (κ3) is 2.48. The number of hydrogen-bond acceptors (Lipinski definition) is 3. The molecule has 0 aliphatic heterocycles. The average Bonchev–Trinajstić information content (AvgIpc) is 3.20. The minimum Gasteiger partial charge on any atom is -0.440 e. The highest BCUT2D eigenvalue weighted by Crippen LogP contribution is 2.40. The van der Waals surface area contributed by atoms with Gasteiger partial charge in [-0.1, -0.05) is 0 Å². The lowest BCUT2D eigenvalue weighted by Gasteiger charge is -2.19. The van der Waals surface area contributed by atoms with Gasteiger partial charge in [0.25, 0.3) is 0 Å². The number of carbonyl (C=O) groups excluding carboxylic acids is 1. The molecule has 5 heteroatoms. The highest BCUT2D eigenvalue weighted by Gasteiger charge is 2.28. The van der Waals surface area contributed by atoms with E-state index < -0.39 is 0 Å². The van der Waals surface area contributed by atoms with Crippen molar-refractivity contribution in [3.8, 4) is 0 Å². The molecule has 1 aliphatic rings. The van der Waals surface area contributed by atoms with Gasteiger partial charge in [-0.2, -0.15) is 0 Å². The van der Waals surface area contributed by atoms with Crippen molar-refractivity contribution in [2.24, 2.45) is 0 Å². The topological polar surface area (TPSA) is 58.4 Å². The quantitative estimate of drug-likeness (QED) is 0.926. The number of carbonyl (C=O) groups is 1. The standard InChI is InChI=1S/C15H19N3O2/c1-3-18(4-2)15(19)16-11-7-8-13-12(9-11)17-14(20-13)10-5-6-10/h7-10H,3-6H2,1-2H3,(H,16,19). The maximum atomic E-state index is 12.0. The van der Waals surface area contributed by atoms with Gasteiger partial charge in [0.2, 0.25) is 0 Å². The Kier molecular flexibility index (Phi) is 3.34. The fourth-order valence-corrected chi connectivity index (χ4v) is 2.24. The van der Waals surface area contributed by atoms with Gasteiger partial charge in [0, 0.05) is 24.7 Å². The van der Waals surface area contributed by atoms with Gasteiger partial charge in [0.1, 0.15) is 5.52 Å². The molecule has 0 unspecified atom stereocenters. The van der Waals surface area contributed by atoms with Crippen molar-refractivity contribution < 1.29 is 9.21 Å². The summed E-state index contributed by atoms with van der Waals surface area (Å²) in [5, 5.41) is 2.90. The van der Waals surface area contributed by atoms with Crippen molar-refractivity contribution in [1.29, 1.82) is 0 Å². The van der Waals surface area contributed by atoms with Crippen molar-refractivity contribution in [2.75, 3.05) is 18.4 Å². The Morgan fingerprint density at radius 1 is 1.40 bits per heavy atom. The Hall–Kier alpha value is -2.04. The largest absolute Gasteiger partial charge is 0.440 e. The van der Waals surface area contributed by atoms with Gasteiger partial charge in [0.05, 0.1) is 0 Å². The van der Waals surface area contributed by atoms with Crippen molar-refractivity contribution >= 4 is 22.8 Å². The molecule has 0 bridgehead atoms. The van der Waals surface area contributed by atoms with Gasteiger partial charge in [-0.3, -0.25) is 0 Å². The lowest BCUT2D eigenvalue weighted by atomic mass is 10.3. The molecule has 2 aromatic rings. The molecular weight excluding hydrogens is 254 g/mol. The van der Waals surface area contributed by atoms with Crippen molar-refractivity contribution in [1.82, 2.24) is 9.88 Å². The molecular formula is C15H19N3O2. The second-order valence-corrected chi connectivity index (χ2v) is 5.11. The van der Waals surface area contributed by atoms with E-state index >= 15 is 0 Å². The zero-order valence-electron chi connectivity index (χ0n) is 11.8. The smallest absolute Gasteiger partial charge is 0.321 e. The van der Waals surface area contributed by atoms with Crippen LogP contribution in [0.2, 0.25) is 0 Å². The number of urea groups is 1. The number of amides is 2. The first-order chi connectivity index (χ1) is 9.71. The van der Waals surface area contributed by atoms with E-state index in [-0.39, 0.29) is 6.03 Å².